The van der Waals surface area contributed by atoms with Crippen molar-refractivity contribution in [2.45, 2.75) is 103 Å². The van der Waals surface area contributed by atoms with Gasteiger partial charge in [0.15, 0.2) is 0 Å². The van der Waals surface area contributed by atoms with Crippen LogP contribution in [0.15, 0.2) is 0 Å². The first-order valence-corrected chi connectivity index (χ1v) is 11.9. The largest absolute Gasteiger partial charge is 0.389 e. The SMILES string of the molecule is CCCC1C(CC(F)(F)F)CCC2C1CCC1(C)C(CCC3CC3)CCC21. The molecule has 4 aliphatic rings. The molecule has 0 aromatic carbocycles. The van der Waals surface area contributed by atoms with E-state index in [1.165, 1.54) is 51.4 Å². The molecule has 7 unspecified atom stereocenters. The van der Waals surface area contributed by atoms with Gasteiger partial charge >= 0.3 is 6.18 Å². The van der Waals surface area contributed by atoms with Gasteiger partial charge in [0.25, 0.3) is 0 Å². The Bertz CT molecular complexity index is 508. The van der Waals surface area contributed by atoms with Gasteiger partial charge in [-0.05, 0) is 91.8 Å². The highest BCUT2D eigenvalue weighted by Crippen LogP contribution is 2.64. The Kier molecular flexibility index (Phi) is 5.62. The molecule has 7 atom stereocenters. The van der Waals surface area contributed by atoms with Gasteiger partial charge in [-0.1, -0.05) is 46.0 Å². The number of hydrogen-bond donors (Lipinski definition) is 0. The van der Waals surface area contributed by atoms with E-state index in [1.54, 1.807) is 0 Å². The monoisotopic (exact) mass is 384 g/mol. The highest BCUT2D eigenvalue weighted by atomic mass is 19.4. The number of hydrogen-bond acceptors (Lipinski definition) is 0. The third-order valence-corrected chi connectivity index (χ3v) is 9.45. The van der Waals surface area contributed by atoms with Crippen LogP contribution in [0, 0.1) is 46.8 Å². The molecule has 0 nitrogen and oxygen atoms in total. The van der Waals surface area contributed by atoms with Crippen LogP contribution in [0.4, 0.5) is 13.2 Å². The summed E-state index contributed by atoms with van der Waals surface area (Å²) in [5, 5.41) is 0. The van der Waals surface area contributed by atoms with Crippen molar-refractivity contribution in [2.24, 2.45) is 46.8 Å². The summed E-state index contributed by atoms with van der Waals surface area (Å²) in [7, 11) is 0. The number of alkyl halides is 3. The molecule has 0 amide bonds. The van der Waals surface area contributed by atoms with Gasteiger partial charge in [-0.15, -0.1) is 0 Å². The number of fused-ring (bicyclic) bond motifs is 3. The first-order valence-electron chi connectivity index (χ1n) is 11.9. The lowest BCUT2D eigenvalue weighted by Gasteiger charge is -2.55. The van der Waals surface area contributed by atoms with E-state index in [-0.39, 0.29) is 5.92 Å². The maximum absolute atomic E-state index is 13.2. The van der Waals surface area contributed by atoms with Crippen molar-refractivity contribution in [1.29, 1.82) is 0 Å². The summed E-state index contributed by atoms with van der Waals surface area (Å²) in [6.45, 7) is 4.72. The summed E-state index contributed by atoms with van der Waals surface area (Å²) in [6.07, 6.45) is 10.4. The number of halogens is 3. The average molecular weight is 385 g/mol. The van der Waals surface area contributed by atoms with E-state index in [2.05, 4.69) is 13.8 Å². The van der Waals surface area contributed by atoms with Crippen molar-refractivity contribution < 1.29 is 13.2 Å². The van der Waals surface area contributed by atoms with E-state index < -0.39 is 12.6 Å². The molecular formula is C24H39F3. The van der Waals surface area contributed by atoms with Crippen molar-refractivity contribution in [3.8, 4) is 0 Å². The van der Waals surface area contributed by atoms with E-state index in [0.717, 1.165) is 49.4 Å². The van der Waals surface area contributed by atoms with E-state index in [0.29, 0.717) is 17.3 Å². The topological polar surface area (TPSA) is 0 Å². The predicted molar refractivity (Wildman–Crippen MR) is 104 cm³/mol. The lowest BCUT2D eigenvalue weighted by atomic mass is 9.50. The van der Waals surface area contributed by atoms with Crippen LogP contribution in [0.25, 0.3) is 0 Å². The smallest absolute Gasteiger partial charge is 0.171 e. The summed E-state index contributed by atoms with van der Waals surface area (Å²) in [6, 6.07) is 0. The van der Waals surface area contributed by atoms with Gasteiger partial charge in [0, 0.05) is 6.42 Å². The molecule has 156 valence electrons. The quantitative estimate of drug-likeness (QED) is 0.435. The van der Waals surface area contributed by atoms with Crippen molar-refractivity contribution in [3.63, 3.8) is 0 Å². The Morgan fingerprint density at radius 3 is 2.30 bits per heavy atom. The lowest BCUT2D eigenvalue weighted by molar-refractivity contribution is -0.161. The molecule has 4 aliphatic carbocycles. The normalized spacial score (nSPS) is 44.8. The van der Waals surface area contributed by atoms with Crippen LogP contribution in [-0.4, -0.2) is 6.18 Å². The average Bonchev–Trinajstić information content (AvgIpc) is 3.35. The van der Waals surface area contributed by atoms with E-state index >= 15 is 0 Å². The van der Waals surface area contributed by atoms with Crippen molar-refractivity contribution >= 4 is 0 Å². The van der Waals surface area contributed by atoms with Crippen LogP contribution in [0.5, 0.6) is 0 Å². The van der Waals surface area contributed by atoms with E-state index in [4.69, 9.17) is 0 Å². The molecule has 0 spiro atoms. The summed E-state index contributed by atoms with van der Waals surface area (Å²) in [5.41, 5.74) is 0.490. The molecule has 0 radical (unpaired) electrons. The molecule has 3 heteroatoms. The Balaban J connectivity index is 1.46. The van der Waals surface area contributed by atoms with E-state index in [1.807, 2.05) is 0 Å². The molecule has 0 aliphatic heterocycles. The first kappa shape index (κ1) is 20.1. The van der Waals surface area contributed by atoms with Crippen LogP contribution in [0.3, 0.4) is 0 Å². The van der Waals surface area contributed by atoms with Crippen molar-refractivity contribution in [1.82, 2.24) is 0 Å². The molecule has 0 heterocycles. The third-order valence-electron chi connectivity index (χ3n) is 9.45. The Morgan fingerprint density at radius 1 is 0.852 bits per heavy atom. The zero-order chi connectivity index (χ0) is 19.2. The number of rotatable bonds is 6. The van der Waals surface area contributed by atoms with E-state index in [9.17, 15) is 13.2 Å². The Hall–Kier alpha value is -0.210. The highest BCUT2D eigenvalue weighted by molar-refractivity contribution is 5.05. The molecule has 0 bridgehead atoms. The summed E-state index contributed by atoms with van der Waals surface area (Å²) in [5.74, 6) is 4.22. The van der Waals surface area contributed by atoms with Crippen LogP contribution in [0.2, 0.25) is 0 Å². The van der Waals surface area contributed by atoms with Crippen LogP contribution >= 0.6 is 0 Å². The fraction of sp³-hybridized carbons (Fsp3) is 1.00. The maximum Gasteiger partial charge on any atom is 0.389 e. The summed E-state index contributed by atoms with van der Waals surface area (Å²) >= 11 is 0. The molecule has 0 N–H and O–H groups in total. The Morgan fingerprint density at radius 2 is 1.63 bits per heavy atom. The standard InChI is InChI=1S/C24H39F3/c1-3-4-19-17(15-24(25,26)27)8-11-21-20(19)13-14-23(2)18(10-12-22(21)23)9-7-16-5-6-16/h16-22H,3-15H2,1-2H3. The van der Waals surface area contributed by atoms with Crippen LogP contribution in [-0.2, 0) is 0 Å². The minimum absolute atomic E-state index is 0.109. The summed E-state index contributed by atoms with van der Waals surface area (Å²) in [4.78, 5) is 0. The minimum Gasteiger partial charge on any atom is -0.171 e. The second-order valence-corrected chi connectivity index (χ2v) is 10.9. The summed E-state index contributed by atoms with van der Waals surface area (Å²) < 4.78 is 39.5. The lowest BCUT2D eigenvalue weighted by Crippen LogP contribution is -2.47. The molecule has 4 fully saturated rings. The van der Waals surface area contributed by atoms with Crippen molar-refractivity contribution in [2.75, 3.05) is 0 Å². The van der Waals surface area contributed by atoms with Gasteiger partial charge in [0.05, 0.1) is 0 Å². The molecule has 4 saturated carbocycles. The van der Waals surface area contributed by atoms with Crippen LogP contribution < -0.4 is 0 Å². The van der Waals surface area contributed by atoms with Gasteiger partial charge < -0.3 is 0 Å². The molecule has 0 saturated heterocycles. The van der Waals surface area contributed by atoms with Gasteiger partial charge in [0.1, 0.15) is 0 Å². The zero-order valence-electron chi connectivity index (χ0n) is 17.4. The maximum atomic E-state index is 13.2. The minimum atomic E-state index is -3.99. The first-order chi connectivity index (χ1) is 12.8. The molecule has 0 aromatic heterocycles. The van der Waals surface area contributed by atoms with Gasteiger partial charge in [0.2, 0.25) is 0 Å². The Labute approximate surface area is 164 Å². The fourth-order valence-corrected chi connectivity index (χ4v) is 7.99. The second-order valence-electron chi connectivity index (χ2n) is 10.9. The van der Waals surface area contributed by atoms with Crippen molar-refractivity contribution in [3.05, 3.63) is 0 Å². The predicted octanol–water partition coefficient (Wildman–Crippen LogP) is 8.01. The molecule has 27 heavy (non-hydrogen) atoms. The molecule has 0 aromatic rings. The molecule has 4 rings (SSSR count). The highest BCUT2D eigenvalue weighted by Gasteiger charge is 2.56. The van der Waals surface area contributed by atoms with Gasteiger partial charge in [-0.25, -0.2) is 0 Å². The van der Waals surface area contributed by atoms with Gasteiger partial charge in [-0.3, -0.25) is 0 Å². The molecular weight excluding hydrogens is 345 g/mol. The fourth-order valence-electron chi connectivity index (χ4n) is 7.99. The second kappa shape index (κ2) is 7.56. The van der Waals surface area contributed by atoms with Gasteiger partial charge in [-0.2, -0.15) is 13.2 Å². The third kappa shape index (κ3) is 4.08. The van der Waals surface area contributed by atoms with Crippen LogP contribution in [0.1, 0.15) is 97.3 Å². The zero-order valence-corrected chi connectivity index (χ0v) is 17.4.